The second-order valence-corrected chi connectivity index (χ2v) is 5.10. The van der Waals surface area contributed by atoms with Gasteiger partial charge in [0, 0.05) is 25.0 Å². The molecule has 1 aromatic heterocycles. The van der Waals surface area contributed by atoms with E-state index >= 15 is 0 Å². The average Bonchev–Trinajstić information content (AvgIpc) is 3.07. The maximum absolute atomic E-state index is 12.1. The van der Waals surface area contributed by atoms with Crippen LogP contribution in [0, 0.1) is 0 Å². The molecule has 2 heterocycles. The Morgan fingerprint density at radius 3 is 2.91 bits per heavy atom. The lowest BCUT2D eigenvalue weighted by molar-refractivity contribution is 0.0853. The maximum Gasteiger partial charge on any atom is 0.270 e. The zero-order valence-corrected chi connectivity index (χ0v) is 12.2. The summed E-state index contributed by atoms with van der Waals surface area (Å²) in [7, 11) is 0. The number of hydrogen-bond donors (Lipinski definition) is 2. The summed E-state index contributed by atoms with van der Waals surface area (Å²) < 4.78 is 5.48. The molecule has 1 aliphatic heterocycles. The second kappa shape index (κ2) is 7.00. The number of carbonyl (C=O) groups is 1. The lowest BCUT2D eigenvalue weighted by Crippen LogP contribution is -2.32. The Hall–Kier alpha value is -2.47. The Morgan fingerprint density at radius 1 is 1.27 bits per heavy atom. The van der Waals surface area contributed by atoms with Crippen LogP contribution in [0.4, 0.5) is 11.6 Å². The average molecular weight is 298 g/mol. The third-order valence-corrected chi connectivity index (χ3v) is 3.43. The number of para-hydroxylation sites is 1. The topological polar surface area (TPSA) is 76.1 Å². The van der Waals surface area contributed by atoms with Crippen LogP contribution in [0.5, 0.6) is 0 Å². The molecule has 0 aliphatic carbocycles. The van der Waals surface area contributed by atoms with Gasteiger partial charge in [-0.3, -0.25) is 4.79 Å². The number of hydrogen-bond acceptors (Lipinski definition) is 5. The molecule has 22 heavy (non-hydrogen) atoms. The van der Waals surface area contributed by atoms with Gasteiger partial charge < -0.3 is 15.4 Å². The number of carbonyl (C=O) groups excluding carboxylic acids is 1. The molecule has 114 valence electrons. The highest BCUT2D eigenvalue weighted by molar-refractivity contribution is 5.92. The number of nitrogens with zero attached hydrogens (tertiary/aromatic N) is 2. The van der Waals surface area contributed by atoms with Crippen molar-refractivity contribution in [2.75, 3.05) is 18.5 Å². The SMILES string of the molecule is O=C(NCC1CCCO1)c1ccnc(Nc2ccccc2)n1. The number of benzene rings is 1. The fourth-order valence-electron chi connectivity index (χ4n) is 2.30. The standard InChI is InChI=1S/C16H18N4O2/c21-15(18-11-13-7-4-10-22-13)14-8-9-17-16(20-14)19-12-5-2-1-3-6-12/h1-3,5-6,8-9,13H,4,7,10-11H2,(H,18,21)(H,17,19,20). The lowest BCUT2D eigenvalue weighted by Gasteiger charge is -2.11. The van der Waals surface area contributed by atoms with Gasteiger partial charge in [-0.05, 0) is 31.0 Å². The van der Waals surface area contributed by atoms with Crippen LogP contribution in [-0.2, 0) is 4.74 Å². The molecule has 1 unspecified atom stereocenters. The maximum atomic E-state index is 12.1. The molecule has 1 fully saturated rings. The van der Waals surface area contributed by atoms with Gasteiger partial charge in [0.05, 0.1) is 6.10 Å². The Kier molecular flexibility index (Phi) is 4.60. The van der Waals surface area contributed by atoms with Crippen molar-refractivity contribution in [1.29, 1.82) is 0 Å². The van der Waals surface area contributed by atoms with Crippen LogP contribution in [0.25, 0.3) is 0 Å². The molecule has 0 saturated carbocycles. The van der Waals surface area contributed by atoms with Gasteiger partial charge in [-0.15, -0.1) is 0 Å². The fourth-order valence-corrected chi connectivity index (χ4v) is 2.30. The van der Waals surface area contributed by atoms with Crippen LogP contribution >= 0.6 is 0 Å². The van der Waals surface area contributed by atoms with Gasteiger partial charge in [-0.25, -0.2) is 9.97 Å². The molecule has 2 aromatic rings. The van der Waals surface area contributed by atoms with Gasteiger partial charge in [0.2, 0.25) is 5.95 Å². The van der Waals surface area contributed by atoms with E-state index in [0.717, 1.165) is 25.1 Å². The molecule has 3 rings (SSSR count). The molecule has 0 spiro atoms. The van der Waals surface area contributed by atoms with Crippen molar-refractivity contribution in [3.8, 4) is 0 Å². The molecule has 0 bridgehead atoms. The van der Waals surface area contributed by atoms with Crippen molar-refractivity contribution in [3.63, 3.8) is 0 Å². The van der Waals surface area contributed by atoms with Gasteiger partial charge in [-0.2, -0.15) is 0 Å². The van der Waals surface area contributed by atoms with Gasteiger partial charge in [0.1, 0.15) is 5.69 Å². The first-order chi connectivity index (χ1) is 10.8. The molecule has 1 aromatic carbocycles. The fraction of sp³-hybridized carbons (Fsp3) is 0.312. The van der Waals surface area contributed by atoms with E-state index in [1.807, 2.05) is 30.3 Å². The van der Waals surface area contributed by atoms with Crippen LogP contribution in [0.3, 0.4) is 0 Å². The zero-order valence-electron chi connectivity index (χ0n) is 12.2. The van der Waals surface area contributed by atoms with Crippen LogP contribution in [0.2, 0.25) is 0 Å². The molecule has 6 nitrogen and oxygen atoms in total. The van der Waals surface area contributed by atoms with Crippen LogP contribution < -0.4 is 10.6 Å². The first-order valence-corrected chi connectivity index (χ1v) is 7.36. The van der Waals surface area contributed by atoms with Crippen LogP contribution in [0.1, 0.15) is 23.3 Å². The van der Waals surface area contributed by atoms with Crippen LogP contribution in [0.15, 0.2) is 42.6 Å². The number of ether oxygens (including phenoxy) is 1. The van der Waals surface area contributed by atoms with E-state index < -0.39 is 0 Å². The van der Waals surface area contributed by atoms with Crippen molar-refractivity contribution in [1.82, 2.24) is 15.3 Å². The van der Waals surface area contributed by atoms with E-state index in [4.69, 9.17) is 4.74 Å². The number of amides is 1. The van der Waals surface area contributed by atoms with Crippen molar-refractivity contribution in [3.05, 3.63) is 48.3 Å². The summed E-state index contributed by atoms with van der Waals surface area (Å²) in [6.45, 7) is 1.30. The first-order valence-electron chi connectivity index (χ1n) is 7.36. The summed E-state index contributed by atoms with van der Waals surface area (Å²) in [6.07, 6.45) is 3.73. The third-order valence-electron chi connectivity index (χ3n) is 3.43. The summed E-state index contributed by atoms with van der Waals surface area (Å²) in [5.74, 6) is 0.185. The van der Waals surface area contributed by atoms with E-state index in [1.165, 1.54) is 0 Å². The van der Waals surface area contributed by atoms with E-state index in [-0.39, 0.29) is 12.0 Å². The minimum atomic E-state index is -0.214. The number of rotatable bonds is 5. The molecule has 2 N–H and O–H groups in total. The summed E-state index contributed by atoms with van der Waals surface area (Å²) in [6, 6.07) is 11.2. The minimum absolute atomic E-state index is 0.118. The summed E-state index contributed by atoms with van der Waals surface area (Å²) >= 11 is 0. The largest absolute Gasteiger partial charge is 0.376 e. The predicted molar refractivity (Wildman–Crippen MR) is 83.1 cm³/mol. The number of aromatic nitrogens is 2. The lowest BCUT2D eigenvalue weighted by atomic mass is 10.2. The summed E-state index contributed by atoms with van der Waals surface area (Å²) in [5, 5.41) is 5.92. The molecule has 1 aliphatic rings. The monoisotopic (exact) mass is 298 g/mol. The smallest absolute Gasteiger partial charge is 0.270 e. The quantitative estimate of drug-likeness (QED) is 0.884. The van der Waals surface area contributed by atoms with Crippen LogP contribution in [-0.4, -0.2) is 35.1 Å². The third kappa shape index (κ3) is 3.79. The molecular formula is C16H18N4O2. The first kappa shape index (κ1) is 14.5. The number of nitrogens with one attached hydrogen (secondary N) is 2. The highest BCUT2D eigenvalue weighted by Gasteiger charge is 2.17. The van der Waals surface area contributed by atoms with Gasteiger partial charge in [0.25, 0.3) is 5.91 Å². The van der Waals surface area contributed by atoms with Crippen molar-refractivity contribution < 1.29 is 9.53 Å². The molecule has 6 heteroatoms. The van der Waals surface area contributed by atoms with E-state index in [0.29, 0.717) is 18.2 Å². The Bertz CT molecular complexity index is 627. The van der Waals surface area contributed by atoms with Crippen molar-refractivity contribution >= 4 is 17.5 Å². The molecule has 1 atom stereocenters. The molecule has 1 amide bonds. The van der Waals surface area contributed by atoms with Gasteiger partial charge in [-0.1, -0.05) is 18.2 Å². The van der Waals surface area contributed by atoms with Gasteiger partial charge >= 0.3 is 0 Å². The zero-order chi connectivity index (χ0) is 15.2. The Morgan fingerprint density at radius 2 is 2.14 bits per heavy atom. The van der Waals surface area contributed by atoms with Gasteiger partial charge in [0.15, 0.2) is 0 Å². The number of anilines is 2. The molecule has 1 saturated heterocycles. The second-order valence-electron chi connectivity index (χ2n) is 5.10. The van der Waals surface area contributed by atoms with Crippen molar-refractivity contribution in [2.24, 2.45) is 0 Å². The van der Waals surface area contributed by atoms with E-state index in [9.17, 15) is 4.79 Å². The Balaban J connectivity index is 1.61. The predicted octanol–water partition coefficient (Wildman–Crippen LogP) is 2.13. The van der Waals surface area contributed by atoms with Crippen molar-refractivity contribution in [2.45, 2.75) is 18.9 Å². The summed E-state index contributed by atoms with van der Waals surface area (Å²) in [5.41, 5.74) is 1.21. The highest BCUT2D eigenvalue weighted by Crippen LogP contribution is 2.12. The molecule has 0 radical (unpaired) electrons. The van der Waals surface area contributed by atoms with E-state index in [1.54, 1.807) is 12.3 Å². The highest BCUT2D eigenvalue weighted by atomic mass is 16.5. The summed E-state index contributed by atoms with van der Waals surface area (Å²) in [4.78, 5) is 20.5. The normalized spacial score (nSPS) is 17.2. The molecular weight excluding hydrogens is 280 g/mol. The van der Waals surface area contributed by atoms with E-state index in [2.05, 4.69) is 20.6 Å². The Labute approximate surface area is 128 Å². The minimum Gasteiger partial charge on any atom is -0.376 e.